The number of aromatic hydroxyl groups is 1. The Morgan fingerprint density at radius 1 is 0.902 bits per heavy atom. The molecule has 3 aromatic carbocycles. The van der Waals surface area contributed by atoms with E-state index in [1.807, 2.05) is 6.07 Å². The predicted molar refractivity (Wildman–Crippen MR) is 130 cm³/mol. The molecular weight excluding hydrogens is 563 g/mol. The number of nitrogens with zero attached hydrogens (tertiary/aromatic N) is 3. The summed E-state index contributed by atoms with van der Waals surface area (Å²) in [6, 6.07) is 17.4. The standard InChI is InChI=1S/C27H12F7N3O4/c1-36-15-4-8-17(9-5-15)37(16-6-2-14(13-35)3-7-16)18-10-11-19-20(12-18)41-24(40)21(22(19)38)23(39)25(28,29)26(30,31)27(32,33)34/h2-12,38H. The first-order valence-corrected chi connectivity index (χ1v) is 11.1. The number of alkyl halides is 7. The third-order valence-corrected chi connectivity index (χ3v) is 5.88. The van der Waals surface area contributed by atoms with Crippen molar-refractivity contribution in [3.8, 4) is 11.8 Å². The summed E-state index contributed by atoms with van der Waals surface area (Å²) in [5.74, 6) is -18.2. The molecule has 0 saturated carbocycles. The Balaban J connectivity index is 1.87. The van der Waals surface area contributed by atoms with E-state index in [-0.39, 0.29) is 5.69 Å². The van der Waals surface area contributed by atoms with Crippen molar-refractivity contribution in [2.45, 2.75) is 18.0 Å². The number of Topliss-reactive ketones (excluding diaryl/α,β-unsaturated/α-hetero) is 1. The van der Waals surface area contributed by atoms with Gasteiger partial charge in [0.1, 0.15) is 11.3 Å². The monoisotopic (exact) mass is 575 g/mol. The SMILES string of the molecule is [C-]#[N+]c1ccc(N(c2ccc(C#N)cc2)c2ccc3c(O)c(C(=O)C(F)(F)C(F)(F)C(F)(F)F)c(=O)oc3c2)cc1. The van der Waals surface area contributed by atoms with Gasteiger partial charge in [-0.3, -0.25) is 4.79 Å². The molecular formula is C27H12F7N3O4. The number of hydrogen-bond acceptors (Lipinski definition) is 6. The number of fused-ring (bicyclic) bond motifs is 1. The Labute approximate surface area is 224 Å². The Morgan fingerprint density at radius 2 is 1.44 bits per heavy atom. The van der Waals surface area contributed by atoms with Crippen LogP contribution in [0.4, 0.5) is 53.5 Å². The van der Waals surface area contributed by atoms with Gasteiger partial charge < -0.3 is 14.4 Å². The van der Waals surface area contributed by atoms with Gasteiger partial charge >= 0.3 is 23.6 Å². The predicted octanol–water partition coefficient (Wildman–Crippen LogP) is 7.41. The molecule has 0 aliphatic carbocycles. The van der Waals surface area contributed by atoms with Gasteiger partial charge in [-0.25, -0.2) is 9.64 Å². The van der Waals surface area contributed by atoms with Crippen LogP contribution in [-0.4, -0.2) is 28.9 Å². The molecule has 4 rings (SSSR count). The summed E-state index contributed by atoms with van der Waals surface area (Å²) in [5, 5.41) is 18.9. The Morgan fingerprint density at radius 3 is 1.95 bits per heavy atom. The summed E-state index contributed by atoms with van der Waals surface area (Å²) in [6.45, 7) is 7.12. The van der Waals surface area contributed by atoms with Gasteiger partial charge in [-0.1, -0.05) is 12.1 Å². The molecule has 0 fully saturated rings. The molecule has 0 bridgehead atoms. The van der Waals surface area contributed by atoms with Crippen LogP contribution >= 0.6 is 0 Å². The zero-order valence-electron chi connectivity index (χ0n) is 20.0. The highest BCUT2D eigenvalue weighted by Gasteiger charge is 2.76. The van der Waals surface area contributed by atoms with Gasteiger partial charge in [0.25, 0.3) is 0 Å². The normalized spacial score (nSPS) is 12.0. The highest BCUT2D eigenvalue weighted by molar-refractivity contribution is 6.07. The number of hydrogen-bond donors (Lipinski definition) is 1. The second kappa shape index (κ2) is 9.98. The fraction of sp³-hybridized carbons (Fsp3) is 0.111. The first kappa shape index (κ1) is 28.6. The second-order valence-corrected chi connectivity index (χ2v) is 8.39. The number of rotatable bonds is 6. The molecule has 1 heterocycles. The number of halogens is 7. The lowest BCUT2D eigenvalue weighted by molar-refractivity contribution is -0.339. The van der Waals surface area contributed by atoms with Gasteiger partial charge in [0.2, 0.25) is 5.78 Å². The average molecular weight is 575 g/mol. The maximum Gasteiger partial charge on any atom is 0.460 e. The van der Waals surface area contributed by atoms with Crippen LogP contribution < -0.4 is 10.5 Å². The summed E-state index contributed by atoms with van der Waals surface area (Å²) in [7, 11) is 0. The van der Waals surface area contributed by atoms with E-state index in [9.17, 15) is 45.4 Å². The molecule has 7 nitrogen and oxygen atoms in total. The third kappa shape index (κ3) is 4.80. The lowest BCUT2D eigenvalue weighted by atomic mass is 9.99. The third-order valence-electron chi connectivity index (χ3n) is 5.88. The minimum absolute atomic E-state index is 0.188. The molecule has 1 N–H and O–H groups in total. The summed E-state index contributed by atoms with van der Waals surface area (Å²) in [5.41, 5.74) is -3.03. The van der Waals surface area contributed by atoms with E-state index in [2.05, 4.69) is 4.85 Å². The van der Waals surface area contributed by atoms with Crippen molar-refractivity contribution in [2.24, 2.45) is 0 Å². The van der Waals surface area contributed by atoms with Gasteiger partial charge in [0, 0.05) is 23.1 Å². The maximum atomic E-state index is 14.0. The molecule has 4 aromatic rings. The molecule has 0 saturated heterocycles. The Kier molecular flexibility index (Phi) is 6.97. The Bertz CT molecular complexity index is 1740. The highest BCUT2D eigenvalue weighted by Crippen LogP contribution is 2.48. The molecule has 41 heavy (non-hydrogen) atoms. The molecule has 0 spiro atoms. The summed E-state index contributed by atoms with van der Waals surface area (Å²) < 4.78 is 97.4. The molecule has 208 valence electrons. The van der Waals surface area contributed by atoms with Crippen LogP contribution in [-0.2, 0) is 0 Å². The highest BCUT2D eigenvalue weighted by atomic mass is 19.4. The van der Waals surface area contributed by atoms with Gasteiger partial charge in [0.05, 0.1) is 23.6 Å². The number of carbonyl (C=O) groups is 1. The minimum atomic E-state index is -6.86. The van der Waals surface area contributed by atoms with Crippen molar-refractivity contribution < 1.29 is 45.1 Å². The summed E-state index contributed by atoms with van der Waals surface area (Å²) in [6.07, 6.45) is -6.85. The number of anilines is 3. The molecule has 0 unspecified atom stereocenters. The van der Waals surface area contributed by atoms with Crippen molar-refractivity contribution in [3.63, 3.8) is 0 Å². The second-order valence-electron chi connectivity index (χ2n) is 8.39. The zero-order chi connectivity index (χ0) is 30.3. The topological polar surface area (TPSA) is 98.9 Å². The molecule has 1 aromatic heterocycles. The number of carbonyl (C=O) groups excluding carboxylic acids is 1. The molecule has 0 aliphatic rings. The van der Waals surface area contributed by atoms with E-state index in [4.69, 9.17) is 16.3 Å². The number of nitriles is 1. The fourth-order valence-electron chi connectivity index (χ4n) is 3.80. The maximum absolute atomic E-state index is 14.0. The lowest BCUT2D eigenvalue weighted by Crippen LogP contribution is -2.56. The van der Waals surface area contributed by atoms with Crippen LogP contribution in [0.2, 0.25) is 0 Å². The Hall–Kier alpha value is -5.37. The lowest BCUT2D eigenvalue weighted by Gasteiger charge is -2.27. The van der Waals surface area contributed by atoms with E-state index in [0.29, 0.717) is 22.6 Å². The van der Waals surface area contributed by atoms with Gasteiger partial charge in [-0.2, -0.15) is 36.0 Å². The van der Waals surface area contributed by atoms with Gasteiger partial charge in [-0.15, -0.1) is 0 Å². The van der Waals surface area contributed by atoms with Crippen molar-refractivity contribution >= 4 is 39.5 Å². The summed E-state index contributed by atoms with van der Waals surface area (Å²) in [4.78, 5) is 29.3. The molecule has 0 aliphatic heterocycles. The van der Waals surface area contributed by atoms with Crippen LogP contribution in [0.3, 0.4) is 0 Å². The van der Waals surface area contributed by atoms with Crippen molar-refractivity contribution in [1.29, 1.82) is 5.26 Å². The van der Waals surface area contributed by atoms with Gasteiger partial charge in [-0.05, 0) is 48.5 Å². The number of benzene rings is 3. The zero-order valence-corrected chi connectivity index (χ0v) is 20.0. The minimum Gasteiger partial charge on any atom is -0.506 e. The fourth-order valence-corrected chi connectivity index (χ4v) is 3.80. The van der Waals surface area contributed by atoms with E-state index in [0.717, 1.165) is 12.1 Å². The van der Waals surface area contributed by atoms with Crippen LogP contribution in [0, 0.1) is 17.9 Å². The van der Waals surface area contributed by atoms with Crippen LogP contribution in [0.25, 0.3) is 15.8 Å². The van der Waals surface area contributed by atoms with E-state index in [1.54, 1.807) is 24.3 Å². The van der Waals surface area contributed by atoms with Crippen molar-refractivity contribution in [2.75, 3.05) is 4.90 Å². The first-order chi connectivity index (χ1) is 19.1. The van der Waals surface area contributed by atoms with Crippen LogP contribution in [0.5, 0.6) is 5.75 Å². The van der Waals surface area contributed by atoms with E-state index < -0.39 is 51.7 Å². The van der Waals surface area contributed by atoms with E-state index in [1.165, 1.54) is 35.2 Å². The largest absolute Gasteiger partial charge is 0.506 e. The summed E-state index contributed by atoms with van der Waals surface area (Å²) >= 11 is 0. The van der Waals surface area contributed by atoms with Crippen LogP contribution in [0.1, 0.15) is 15.9 Å². The van der Waals surface area contributed by atoms with Gasteiger partial charge in [0.15, 0.2) is 11.3 Å². The smallest absolute Gasteiger partial charge is 0.460 e. The molecule has 0 atom stereocenters. The quantitative estimate of drug-likeness (QED) is 0.111. The first-order valence-electron chi connectivity index (χ1n) is 11.1. The van der Waals surface area contributed by atoms with Crippen molar-refractivity contribution in [3.05, 3.63) is 99.7 Å². The van der Waals surface area contributed by atoms with E-state index >= 15 is 0 Å². The average Bonchev–Trinajstić information content (AvgIpc) is 2.93. The van der Waals surface area contributed by atoms with Crippen molar-refractivity contribution in [1.82, 2.24) is 0 Å². The number of ketones is 1. The molecule has 0 radical (unpaired) electrons. The molecule has 14 heteroatoms. The molecule has 0 amide bonds. The van der Waals surface area contributed by atoms with Crippen LogP contribution in [0.15, 0.2) is 75.9 Å².